The average molecular weight is 227 g/mol. The van der Waals surface area contributed by atoms with Crippen molar-refractivity contribution in [2.24, 2.45) is 5.73 Å². The minimum atomic E-state index is -0.409. The Morgan fingerprint density at radius 1 is 1.24 bits per heavy atom. The predicted molar refractivity (Wildman–Crippen MR) is 70.8 cm³/mol. The van der Waals surface area contributed by atoms with Gasteiger partial charge in [-0.1, -0.05) is 30.4 Å². The van der Waals surface area contributed by atoms with Crippen LogP contribution in [0.4, 0.5) is 0 Å². The molecule has 0 aliphatic heterocycles. The minimum Gasteiger partial charge on any atom is -0.457 e. The Morgan fingerprint density at radius 2 is 2.06 bits per heavy atom. The third-order valence-corrected chi connectivity index (χ3v) is 2.55. The van der Waals surface area contributed by atoms with Gasteiger partial charge in [0, 0.05) is 0 Å². The lowest BCUT2D eigenvalue weighted by Crippen LogP contribution is -2.30. The second-order valence-corrected chi connectivity index (χ2v) is 4.55. The standard InChI is InChI=1S/C15H17NO/c1-12-5-3-6-14(11-12)17-13-7-4-9-15(2,16)10-8-13/h3-11H,16H2,1-2H3. The highest BCUT2D eigenvalue weighted by atomic mass is 16.5. The van der Waals surface area contributed by atoms with Gasteiger partial charge in [-0.3, -0.25) is 0 Å². The van der Waals surface area contributed by atoms with Crippen LogP contribution in [0.5, 0.6) is 5.75 Å². The van der Waals surface area contributed by atoms with Crippen LogP contribution in [0, 0.1) is 6.92 Å². The van der Waals surface area contributed by atoms with Gasteiger partial charge < -0.3 is 10.5 Å². The zero-order valence-electron chi connectivity index (χ0n) is 10.2. The molecule has 0 amide bonds. The highest BCUT2D eigenvalue weighted by molar-refractivity contribution is 5.35. The first-order valence-electron chi connectivity index (χ1n) is 5.67. The number of benzene rings is 1. The summed E-state index contributed by atoms with van der Waals surface area (Å²) in [6.45, 7) is 3.99. The summed E-state index contributed by atoms with van der Waals surface area (Å²) in [5, 5.41) is 0. The molecule has 1 aromatic carbocycles. The monoisotopic (exact) mass is 227 g/mol. The van der Waals surface area contributed by atoms with Gasteiger partial charge in [0.2, 0.25) is 0 Å². The molecule has 1 aliphatic rings. The van der Waals surface area contributed by atoms with E-state index in [1.165, 1.54) is 5.56 Å². The van der Waals surface area contributed by atoms with E-state index in [0.29, 0.717) is 0 Å². The maximum atomic E-state index is 6.00. The first-order chi connectivity index (χ1) is 8.05. The van der Waals surface area contributed by atoms with E-state index in [9.17, 15) is 0 Å². The fourth-order valence-electron chi connectivity index (χ4n) is 1.61. The van der Waals surface area contributed by atoms with Crippen molar-refractivity contribution in [1.29, 1.82) is 0 Å². The maximum Gasteiger partial charge on any atom is 0.127 e. The van der Waals surface area contributed by atoms with E-state index in [1.807, 2.05) is 68.5 Å². The average Bonchev–Trinajstić information content (AvgIpc) is 2.41. The number of hydrogen-bond acceptors (Lipinski definition) is 2. The molecule has 0 heterocycles. The lowest BCUT2D eigenvalue weighted by Gasteiger charge is -2.13. The minimum absolute atomic E-state index is 0.409. The summed E-state index contributed by atoms with van der Waals surface area (Å²) in [5.41, 5.74) is 6.77. The molecular formula is C15H17NO. The van der Waals surface area contributed by atoms with E-state index in [1.54, 1.807) is 0 Å². The van der Waals surface area contributed by atoms with Crippen LogP contribution in [0.25, 0.3) is 0 Å². The number of aryl methyl sites for hydroxylation is 1. The van der Waals surface area contributed by atoms with E-state index in [-0.39, 0.29) is 0 Å². The number of allylic oxidation sites excluding steroid dienone is 3. The second kappa shape index (κ2) is 4.60. The Morgan fingerprint density at radius 3 is 2.82 bits per heavy atom. The van der Waals surface area contributed by atoms with Crippen molar-refractivity contribution in [2.75, 3.05) is 0 Å². The van der Waals surface area contributed by atoms with E-state index in [4.69, 9.17) is 10.5 Å². The van der Waals surface area contributed by atoms with E-state index in [0.717, 1.165) is 11.5 Å². The van der Waals surface area contributed by atoms with Crippen molar-refractivity contribution in [3.63, 3.8) is 0 Å². The van der Waals surface area contributed by atoms with Gasteiger partial charge in [0.05, 0.1) is 5.54 Å². The molecular weight excluding hydrogens is 210 g/mol. The molecule has 0 spiro atoms. The van der Waals surface area contributed by atoms with Crippen LogP contribution in [-0.2, 0) is 0 Å². The molecule has 1 aromatic rings. The number of rotatable bonds is 2. The fourth-order valence-corrected chi connectivity index (χ4v) is 1.61. The van der Waals surface area contributed by atoms with Crippen molar-refractivity contribution < 1.29 is 4.74 Å². The van der Waals surface area contributed by atoms with Crippen LogP contribution >= 0.6 is 0 Å². The smallest absolute Gasteiger partial charge is 0.127 e. The first-order valence-corrected chi connectivity index (χ1v) is 5.67. The maximum absolute atomic E-state index is 6.00. The number of nitrogens with two attached hydrogens (primary N) is 1. The quantitative estimate of drug-likeness (QED) is 0.842. The third kappa shape index (κ3) is 3.33. The van der Waals surface area contributed by atoms with Crippen LogP contribution in [0.2, 0.25) is 0 Å². The van der Waals surface area contributed by atoms with Gasteiger partial charge in [-0.05, 0) is 43.7 Å². The summed E-state index contributed by atoms with van der Waals surface area (Å²) in [5.74, 6) is 1.64. The topological polar surface area (TPSA) is 35.2 Å². The lowest BCUT2D eigenvalue weighted by molar-refractivity contribution is 0.444. The highest BCUT2D eigenvalue weighted by Gasteiger charge is 2.11. The Hall–Kier alpha value is -1.80. The first kappa shape index (κ1) is 11.7. The SMILES string of the molecule is Cc1cccc(OC2=CC=CC(C)(N)C=C2)c1. The van der Waals surface area contributed by atoms with E-state index in [2.05, 4.69) is 0 Å². The molecule has 17 heavy (non-hydrogen) atoms. The number of hydrogen-bond donors (Lipinski definition) is 1. The second-order valence-electron chi connectivity index (χ2n) is 4.55. The lowest BCUT2D eigenvalue weighted by atomic mass is 10.0. The van der Waals surface area contributed by atoms with Crippen LogP contribution in [0.1, 0.15) is 12.5 Å². The fraction of sp³-hybridized carbons (Fsp3) is 0.200. The molecule has 2 nitrogen and oxygen atoms in total. The molecule has 88 valence electrons. The summed E-state index contributed by atoms with van der Waals surface area (Å²) in [4.78, 5) is 0. The van der Waals surface area contributed by atoms with Crippen molar-refractivity contribution in [2.45, 2.75) is 19.4 Å². The summed E-state index contributed by atoms with van der Waals surface area (Å²) in [6, 6.07) is 7.97. The van der Waals surface area contributed by atoms with Gasteiger partial charge in [-0.2, -0.15) is 0 Å². The highest BCUT2D eigenvalue weighted by Crippen LogP contribution is 2.18. The predicted octanol–water partition coefficient (Wildman–Crippen LogP) is 3.10. The normalized spacial score (nSPS) is 23.1. The Balaban J connectivity index is 2.16. The van der Waals surface area contributed by atoms with Gasteiger partial charge >= 0.3 is 0 Å². The molecule has 1 atom stereocenters. The van der Waals surface area contributed by atoms with Gasteiger partial charge in [-0.25, -0.2) is 0 Å². The Bertz CT molecular complexity index is 495. The number of ether oxygens (including phenoxy) is 1. The summed E-state index contributed by atoms with van der Waals surface area (Å²) < 4.78 is 5.78. The van der Waals surface area contributed by atoms with Gasteiger partial charge in [0.25, 0.3) is 0 Å². The molecule has 0 radical (unpaired) electrons. The van der Waals surface area contributed by atoms with Crippen LogP contribution in [-0.4, -0.2) is 5.54 Å². The molecule has 2 heteroatoms. The molecule has 2 N–H and O–H groups in total. The van der Waals surface area contributed by atoms with Gasteiger partial charge in [-0.15, -0.1) is 0 Å². The molecule has 0 aromatic heterocycles. The van der Waals surface area contributed by atoms with Crippen LogP contribution < -0.4 is 10.5 Å². The molecule has 0 fully saturated rings. The van der Waals surface area contributed by atoms with E-state index < -0.39 is 5.54 Å². The van der Waals surface area contributed by atoms with Gasteiger partial charge in [0.1, 0.15) is 11.5 Å². The van der Waals surface area contributed by atoms with Gasteiger partial charge in [0.15, 0.2) is 0 Å². The van der Waals surface area contributed by atoms with Crippen molar-refractivity contribution in [1.82, 2.24) is 0 Å². The molecule has 2 rings (SSSR count). The molecule has 1 aliphatic carbocycles. The molecule has 0 bridgehead atoms. The van der Waals surface area contributed by atoms with E-state index >= 15 is 0 Å². The zero-order chi connectivity index (χ0) is 12.3. The molecule has 0 saturated carbocycles. The summed E-state index contributed by atoms with van der Waals surface area (Å²) in [7, 11) is 0. The molecule has 0 saturated heterocycles. The van der Waals surface area contributed by atoms with Crippen molar-refractivity contribution in [3.8, 4) is 5.75 Å². The molecule has 1 unspecified atom stereocenters. The van der Waals surface area contributed by atoms with Crippen LogP contribution in [0.15, 0.2) is 60.4 Å². The Kier molecular flexibility index (Phi) is 3.16. The Labute approximate surface area is 102 Å². The van der Waals surface area contributed by atoms with Crippen molar-refractivity contribution >= 4 is 0 Å². The zero-order valence-corrected chi connectivity index (χ0v) is 10.2. The summed E-state index contributed by atoms with van der Waals surface area (Å²) in [6.07, 6.45) is 9.61. The van der Waals surface area contributed by atoms with Crippen LogP contribution in [0.3, 0.4) is 0 Å². The van der Waals surface area contributed by atoms with Crippen molar-refractivity contribution in [3.05, 3.63) is 66.0 Å². The summed E-state index contributed by atoms with van der Waals surface area (Å²) >= 11 is 0. The largest absolute Gasteiger partial charge is 0.457 e. The third-order valence-electron chi connectivity index (χ3n) is 2.55.